The Bertz CT molecular complexity index is 819. The summed E-state index contributed by atoms with van der Waals surface area (Å²) in [5.41, 5.74) is 2.59. The standard InChI is InChI=1S/C26H36N4O.ClH/c1-29(14-12-21-7-3-2-4-8-21)26(31)11-5-10-25-24-15-23(17-28-25)19-30(20-24)18-22-9-6-13-27-16-22;/h2-4,6-9,13,16,23-25,28H,5,10-12,14-15,17-20H2,1H3;1H/t23?,24?,25-;/m1./s1. The number of halogens is 1. The van der Waals surface area contributed by atoms with E-state index in [0.717, 1.165) is 51.4 Å². The fraction of sp³-hybridized carbons (Fsp3) is 0.538. The van der Waals surface area contributed by atoms with Gasteiger partial charge in [0, 0.05) is 58.1 Å². The van der Waals surface area contributed by atoms with Crippen LogP contribution in [0.5, 0.6) is 0 Å². The molecule has 2 aliphatic rings. The second-order valence-corrected chi connectivity index (χ2v) is 9.38. The first kappa shape index (κ1) is 24.7. The number of amides is 1. The second-order valence-electron chi connectivity index (χ2n) is 9.38. The van der Waals surface area contributed by atoms with Crippen molar-refractivity contribution in [2.75, 3.05) is 33.2 Å². The van der Waals surface area contributed by atoms with E-state index in [1.807, 2.05) is 36.5 Å². The number of pyridine rings is 1. The minimum Gasteiger partial charge on any atom is -0.345 e. The average Bonchev–Trinajstić information content (AvgIpc) is 2.80. The molecule has 0 saturated carbocycles. The first-order valence-corrected chi connectivity index (χ1v) is 11.8. The molecule has 32 heavy (non-hydrogen) atoms. The number of carbonyl (C=O) groups is 1. The lowest BCUT2D eigenvalue weighted by Gasteiger charge is -2.46. The van der Waals surface area contributed by atoms with Gasteiger partial charge in [-0.2, -0.15) is 0 Å². The molecule has 2 aromatic rings. The van der Waals surface area contributed by atoms with Crippen molar-refractivity contribution in [1.82, 2.24) is 20.1 Å². The minimum absolute atomic E-state index is 0. The van der Waals surface area contributed by atoms with Gasteiger partial charge in [0.15, 0.2) is 0 Å². The largest absolute Gasteiger partial charge is 0.345 e. The quantitative estimate of drug-likeness (QED) is 0.623. The van der Waals surface area contributed by atoms with Gasteiger partial charge in [-0.25, -0.2) is 0 Å². The third-order valence-electron chi connectivity index (χ3n) is 6.92. The van der Waals surface area contributed by atoms with Gasteiger partial charge in [-0.3, -0.25) is 14.7 Å². The summed E-state index contributed by atoms with van der Waals surface area (Å²) in [5.74, 6) is 1.71. The van der Waals surface area contributed by atoms with Gasteiger partial charge in [0.1, 0.15) is 0 Å². The molecule has 3 heterocycles. The predicted molar refractivity (Wildman–Crippen MR) is 132 cm³/mol. The first-order valence-electron chi connectivity index (χ1n) is 11.8. The maximum absolute atomic E-state index is 12.6. The monoisotopic (exact) mass is 456 g/mol. The number of piperidine rings is 2. The topological polar surface area (TPSA) is 48.5 Å². The molecule has 1 N–H and O–H groups in total. The van der Waals surface area contributed by atoms with Crippen LogP contribution in [0.15, 0.2) is 54.9 Å². The number of hydrogen-bond donors (Lipinski definition) is 1. The molecule has 4 rings (SSSR count). The average molecular weight is 457 g/mol. The van der Waals surface area contributed by atoms with Crippen molar-refractivity contribution in [2.24, 2.45) is 11.8 Å². The van der Waals surface area contributed by atoms with E-state index in [-0.39, 0.29) is 18.3 Å². The Morgan fingerprint density at radius 3 is 2.75 bits per heavy atom. The fourth-order valence-corrected chi connectivity index (χ4v) is 5.22. The number of carbonyl (C=O) groups excluding carboxylic acids is 1. The van der Waals surface area contributed by atoms with Crippen molar-refractivity contribution in [1.29, 1.82) is 0 Å². The third-order valence-corrected chi connectivity index (χ3v) is 6.92. The maximum atomic E-state index is 12.6. The van der Waals surface area contributed by atoms with Crippen LogP contribution < -0.4 is 5.32 Å². The van der Waals surface area contributed by atoms with E-state index in [9.17, 15) is 4.79 Å². The fourth-order valence-electron chi connectivity index (χ4n) is 5.22. The van der Waals surface area contributed by atoms with Gasteiger partial charge in [0.2, 0.25) is 5.91 Å². The molecule has 174 valence electrons. The maximum Gasteiger partial charge on any atom is 0.222 e. The molecule has 2 bridgehead atoms. The van der Waals surface area contributed by atoms with Crippen LogP contribution in [-0.4, -0.2) is 60.0 Å². The SMILES string of the molecule is CN(CCc1ccccc1)C(=O)CCC[C@H]1NCC2CC1CN(Cc1cccnc1)C2.Cl. The van der Waals surface area contributed by atoms with Crippen LogP contribution in [0.1, 0.15) is 36.8 Å². The van der Waals surface area contributed by atoms with E-state index >= 15 is 0 Å². The number of rotatable bonds is 9. The molecule has 6 heteroatoms. The van der Waals surface area contributed by atoms with Gasteiger partial charge < -0.3 is 10.2 Å². The summed E-state index contributed by atoms with van der Waals surface area (Å²) in [4.78, 5) is 21.3. The number of likely N-dealkylation sites (tertiary alicyclic amines) is 1. The number of benzene rings is 1. The van der Waals surface area contributed by atoms with Crippen LogP contribution in [0.25, 0.3) is 0 Å². The summed E-state index contributed by atoms with van der Waals surface area (Å²) in [6.45, 7) is 5.22. The number of aromatic nitrogens is 1. The number of likely N-dealkylation sites (N-methyl/N-ethyl adjacent to an activating group) is 1. The van der Waals surface area contributed by atoms with Crippen LogP contribution in [0, 0.1) is 11.8 Å². The number of hydrogen-bond acceptors (Lipinski definition) is 4. The van der Waals surface area contributed by atoms with Gasteiger partial charge in [-0.05, 0) is 61.3 Å². The van der Waals surface area contributed by atoms with Crippen molar-refractivity contribution in [3.05, 3.63) is 66.0 Å². The molecular formula is C26H37ClN4O. The lowest BCUT2D eigenvalue weighted by atomic mass is 9.79. The minimum atomic E-state index is 0. The molecule has 1 aromatic heterocycles. The number of nitrogens with zero attached hydrogens (tertiary/aromatic N) is 3. The summed E-state index contributed by atoms with van der Waals surface area (Å²) in [6, 6.07) is 15.1. The normalized spacial score (nSPS) is 22.7. The molecule has 1 amide bonds. The Morgan fingerprint density at radius 2 is 1.97 bits per heavy atom. The highest BCUT2D eigenvalue weighted by molar-refractivity contribution is 5.85. The van der Waals surface area contributed by atoms with Crippen molar-refractivity contribution >= 4 is 18.3 Å². The van der Waals surface area contributed by atoms with E-state index in [1.165, 1.54) is 24.1 Å². The molecule has 0 spiro atoms. The van der Waals surface area contributed by atoms with Crippen molar-refractivity contribution in [3.8, 4) is 0 Å². The van der Waals surface area contributed by atoms with E-state index < -0.39 is 0 Å². The van der Waals surface area contributed by atoms with Crippen LogP contribution in [0.4, 0.5) is 0 Å². The lowest BCUT2D eigenvalue weighted by Crippen LogP contribution is -2.55. The zero-order valence-corrected chi connectivity index (χ0v) is 20.0. The Hall–Kier alpha value is -1.95. The molecule has 0 aliphatic carbocycles. The molecular weight excluding hydrogens is 420 g/mol. The van der Waals surface area contributed by atoms with E-state index in [1.54, 1.807) is 0 Å². The summed E-state index contributed by atoms with van der Waals surface area (Å²) in [5, 5.41) is 3.79. The number of nitrogens with one attached hydrogen (secondary N) is 1. The number of fused-ring (bicyclic) bond motifs is 2. The van der Waals surface area contributed by atoms with Gasteiger partial charge in [0.05, 0.1) is 0 Å². The van der Waals surface area contributed by atoms with E-state index in [0.29, 0.717) is 18.4 Å². The second kappa shape index (κ2) is 12.3. The molecule has 2 fully saturated rings. The molecule has 2 aliphatic heterocycles. The summed E-state index contributed by atoms with van der Waals surface area (Å²) < 4.78 is 0. The van der Waals surface area contributed by atoms with Gasteiger partial charge in [0.25, 0.3) is 0 Å². The van der Waals surface area contributed by atoms with Crippen LogP contribution >= 0.6 is 12.4 Å². The van der Waals surface area contributed by atoms with Crippen LogP contribution in [0.2, 0.25) is 0 Å². The zero-order chi connectivity index (χ0) is 21.5. The summed E-state index contributed by atoms with van der Waals surface area (Å²) in [6.07, 6.45) is 8.79. The first-order chi connectivity index (χ1) is 15.2. The molecule has 2 unspecified atom stereocenters. The van der Waals surface area contributed by atoms with E-state index in [2.05, 4.69) is 45.5 Å². The highest BCUT2D eigenvalue weighted by Crippen LogP contribution is 2.31. The smallest absolute Gasteiger partial charge is 0.222 e. The van der Waals surface area contributed by atoms with Crippen LogP contribution in [0.3, 0.4) is 0 Å². The summed E-state index contributed by atoms with van der Waals surface area (Å²) >= 11 is 0. The van der Waals surface area contributed by atoms with Crippen LogP contribution in [-0.2, 0) is 17.8 Å². The van der Waals surface area contributed by atoms with Crippen molar-refractivity contribution < 1.29 is 4.79 Å². The molecule has 5 nitrogen and oxygen atoms in total. The Balaban J connectivity index is 0.00000289. The Morgan fingerprint density at radius 1 is 1.16 bits per heavy atom. The third kappa shape index (κ3) is 7.03. The molecule has 2 saturated heterocycles. The predicted octanol–water partition coefficient (Wildman–Crippen LogP) is 3.78. The van der Waals surface area contributed by atoms with Crippen molar-refractivity contribution in [2.45, 2.75) is 44.7 Å². The summed E-state index contributed by atoms with van der Waals surface area (Å²) in [7, 11) is 1.94. The van der Waals surface area contributed by atoms with Gasteiger partial charge in [-0.1, -0.05) is 36.4 Å². The zero-order valence-electron chi connectivity index (χ0n) is 19.2. The Kier molecular flexibility index (Phi) is 9.51. The van der Waals surface area contributed by atoms with Gasteiger partial charge >= 0.3 is 0 Å². The van der Waals surface area contributed by atoms with Crippen molar-refractivity contribution in [3.63, 3.8) is 0 Å². The molecule has 3 atom stereocenters. The van der Waals surface area contributed by atoms with Gasteiger partial charge in [-0.15, -0.1) is 12.4 Å². The Labute approximate surface area is 199 Å². The highest BCUT2D eigenvalue weighted by Gasteiger charge is 2.36. The highest BCUT2D eigenvalue weighted by atomic mass is 35.5. The molecule has 0 radical (unpaired) electrons. The van der Waals surface area contributed by atoms with E-state index in [4.69, 9.17) is 0 Å². The lowest BCUT2D eigenvalue weighted by molar-refractivity contribution is -0.130. The molecule has 1 aromatic carbocycles.